The van der Waals surface area contributed by atoms with Crippen LogP contribution in [-0.2, 0) is 11.8 Å². The van der Waals surface area contributed by atoms with Crippen LogP contribution < -0.4 is 5.32 Å². The minimum Gasteiger partial charge on any atom is -0.480 e. The van der Waals surface area contributed by atoms with Gasteiger partial charge in [0.15, 0.2) is 0 Å². The standard InChI is InChI=1S/C14H21N3O3/c1-8(2)10-7-11(17(4)16-10)12(18)15-14(3,13(19)20)9-5-6-9/h7-9H,5-6H2,1-4H3,(H,15,18)(H,19,20)/t14-/m1/s1. The van der Waals surface area contributed by atoms with Crippen molar-refractivity contribution in [2.75, 3.05) is 0 Å². The van der Waals surface area contributed by atoms with Crippen molar-refractivity contribution in [1.29, 1.82) is 0 Å². The molecule has 0 unspecified atom stereocenters. The summed E-state index contributed by atoms with van der Waals surface area (Å²) in [6.07, 6.45) is 1.68. The van der Waals surface area contributed by atoms with E-state index < -0.39 is 11.5 Å². The summed E-state index contributed by atoms with van der Waals surface area (Å²) >= 11 is 0. The van der Waals surface area contributed by atoms with Crippen LogP contribution in [0.1, 0.15) is 55.7 Å². The molecule has 0 spiro atoms. The van der Waals surface area contributed by atoms with E-state index in [4.69, 9.17) is 0 Å². The Morgan fingerprint density at radius 1 is 1.50 bits per heavy atom. The molecule has 0 radical (unpaired) electrons. The van der Waals surface area contributed by atoms with Gasteiger partial charge in [0.1, 0.15) is 11.2 Å². The Morgan fingerprint density at radius 2 is 2.10 bits per heavy atom. The lowest BCUT2D eigenvalue weighted by molar-refractivity contribution is -0.144. The van der Waals surface area contributed by atoms with Gasteiger partial charge in [-0.25, -0.2) is 4.79 Å². The van der Waals surface area contributed by atoms with E-state index in [0.717, 1.165) is 18.5 Å². The van der Waals surface area contributed by atoms with Gasteiger partial charge < -0.3 is 10.4 Å². The van der Waals surface area contributed by atoms with Gasteiger partial charge in [0.25, 0.3) is 5.91 Å². The molecule has 1 fully saturated rings. The number of amides is 1. The van der Waals surface area contributed by atoms with Crippen molar-refractivity contribution in [1.82, 2.24) is 15.1 Å². The van der Waals surface area contributed by atoms with Crippen LogP contribution in [0.3, 0.4) is 0 Å². The van der Waals surface area contributed by atoms with Gasteiger partial charge in [0.05, 0.1) is 5.69 Å². The maximum absolute atomic E-state index is 12.3. The fraction of sp³-hybridized carbons (Fsp3) is 0.643. The van der Waals surface area contributed by atoms with E-state index in [1.54, 1.807) is 20.0 Å². The largest absolute Gasteiger partial charge is 0.480 e. The quantitative estimate of drug-likeness (QED) is 0.856. The van der Waals surface area contributed by atoms with Crippen molar-refractivity contribution in [2.45, 2.75) is 45.1 Å². The molecule has 1 aromatic heterocycles. The van der Waals surface area contributed by atoms with Crippen molar-refractivity contribution in [2.24, 2.45) is 13.0 Å². The predicted molar refractivity (Wildman–Crippen MR) is 73.5 cm³/mol. The number of nitrogens with zero attached hydrogens (tertiary/aromatic N) is 2. The van der Waals surface area contributed by atoms with Crippen LogP contribution in [0.5, 0.6) is 0 Å². The fourth-order valence-corrected chi connectivity index (χ4v) is 2.27. The normalized spacial score (nSPS) is 17.9. The first-order valence-corrected chi connectivity index (χ1v) is 6.85. The van der Waals surface area contributed by atoms with Gasteiger partial charge in [-0.2, -0.15) is 5.10 Å². The van der Waals surface area contributed by atoms with Crippen LogP contribution in [0.2, 0.25) is 0 Å². The SMILES string of the molecule is CC(C)c1cc(C(=O)N[C@@](C)(C(=O)O)C2CC2)n(C)n1. The van der Waals surface area contributed by atoms with Gasteiger partial charge in [-0.3, -0.25) is 9.48 Å². The molecule has 6 heteroatoms. The number of nitrogens with one attached hydrogen (secondary N) is 1. The number of aryl methyl sites for hydroxylation is 1. The second-order valence-electron chi connectivity index (χ2n) is 5.97. The summed E-state index contributed by atoms with van der Waals surface area (Å²) in [6.45, 7) is 5.57. The number of carbonyl (C=O) groups excluding carboxylic acids is 1. The van der Waals surface area contributed by atoms with Gasteiger partial charge in [-0.05, 0) is 37.7 Å². The van der Waals surface area contributed by atoms with Crippen LogP contribution in [-0.4, -0.2) is 32.3 Å². The minimum absolute atomic E-state index is 0.0155. The van der Waals surface area contributed by atoms with E-state index in [9.17, 15) is 14.7 Å². The summed E-state index contributed by atoms with van der Waals surface area (Å²) in [7, 11) is 1.69. The zero-order chi connectivity index (χ0) is 15.1. The average molecular weight is 279 g/mol. The summed E-state index contributed by atoms with van der Waals surface area (Å²) in [5.74, 6) is -1.14. The molecule has 2 N–H and O–H groups in total. The Kier molecular flexibility index (Phi) is 3.58. The Balaban J connectivity index is 2.21. The lowest BCUT2D eigenvalue weighted by Gasteiger charge is -2.25. The van der Waals surface area contributed by atoms with Gasteiger partial charge >= 0.3 is 5.97 Å². The molecular weight excluding hydrogens is 258 g/mol. The van der Waals surface area contributed by atoms with Crippen LogP contribution in [0.15, 0.2) is 6.07 Å². The molecule has 20 heavy (non-hydrogen) atoms. The molecule has 2 rings (SSSR count). The van der Waals surface area contributed by atoms with Crippen molar-refractivity contribution in [3.05, 3.63) is 17.5 Å². The Morgan fingerprint density at radius 3 is 2.50 bits per heavy atom. The number of aliphatic carboxylic acids is 1. The smallest absolute Gasteiger partial charge is 0.329 e. The number of carboxylic acids is 1. The zero-order valence-electron chi connectivity index (χ0n) is 12.3. The third-order valence-corrected chi connectivity index (χ3v) is 3.93. The summed E-state index contributed by atoms with van der Waals surface area (Å²) in [6, 6.07) is 1.72. The lowest BCUT2D eigenvalue weighted by Crippen LogP contribution is -2.54. The summed E-state index contributed by atoms with van der Waals surface area (Å²) in [5.41, 5.74) is 0.0159. The molecule has 110 valence electrons. The molecule has 6 nitrogen and oxygen atoms in total. The highest BCUT2D eigenvalue weighted by Gasteiger charge is 2.48. The van der Waals surface area contributed by atoms with Gasteiger partial charge in [0, 0.05) is 7.05 Å². The summed E-state index contributed by atoms with van der Waals surface area (Å²) < 4.78 is 1.50. The number of carboxylic acid groups (broad SMARTS) is 1. The van der Waals surface area contributed by atoms with E-state index in [2.05, 4.69) is 10.4 Å². The Hall–Kier alpha value is -1.85. The third-order valence-electron chi connectivity index (χ3n) is 3.93. The number of hydrogen-bond acceptors (Lipinski definition) is 3. The Bertz CT molecular complexity index is 546. The highest BCUT2D eigenvalue weighted by Crippen LogP contribution is 2.39. The number of rotatable bonds is 5. The predicted octanol–water partition coefficient (Wildman–Crippen LogP) is 1.53. The van der Waals surface area contributed by atoms with Crippen LogP contribution in [0.25, 0.3) is 0 Å². The molecule has 1 aliphatic carbocycles. The van der Waals surface area contributed by atoms with Gasteiger partial charge in [-0.1, -0.05) is 13.8 Å². The first-order chi connectivity index (χ1) is 9.25. The molecule has 0 saturated heterocycles. The summed E-state index contributed by atoms with van der Waals surface area (Å²) in [4.78, 5) is 23.7. The van der Waals surface area contributed by atoms with E-state index in [1.807, 2.05) is 13.8 Å². The van der Waals surface area contributed by atoms with Crippen molar-refractivity contribution in [3.8, 4) is 0 Å². The number of aromatic nitrogens is 2. The van der Waals surface area contributed by atoms with Crippen LogP contribution in [0.4, 0.5) is 0 Å². The van der Waals surface area contributed by atoms with Crippen LogP contribution in [0, 0.1) is 5.92 Å². The number of hydrogen-bond donors (Lipinski definition) is 2. The van der Waals surface area contributed by atoms with E-state index in [1.165, 1.54) is 4.68 Å². The lowest BCUT2D eigenvalue weighted by atomic mass is 9.95. The third kappa shape index (κ3) is 2.55. The molecule has 1 saturated carbocycles. The van der Waals surface area contributed by atoms with Gasteiger partial charge in [-0.15, -0.1) is 0 Å². The molecule has 1 heterocycles. The monoisotopic (exact) mass is 279 g/mol. The molecule has 1 aliphatic rings. The topological polar surface area (TPSA) is 84.2 Å². The first kappa shape index (κ1) is 14.6. The van der Waals surface area contributed by atoms with Crippen molar-refractivity contribution < 1.29 is 14.7 Å². The van der Waals surface area contributed by atoms with Crippen LogP contribution >= 0.6 is 0 Å². The molecule has 0 aromatic carbocycles. The van der Waals surface area contributed by atoms with E-state index in [0.29, 0.717) is 5.69 Å². The molecule has 1 aromatic rings. The molecule has 0 aliphatic heterocycles. The maximum Gasteiger partial charge on any atom is 0.329 e. The molecular formula is C14H21N3O3. The van der Waals surface area contributed by atoms with Crippen molar-refractivity contribution in [3.63, 3.8) is 0 Å². The van der Waals surface area contributed by atoms with Crippen molar-refractivity contribution >= 4 is 11.9 Å². The van der Waals surface area contributed by atoms with E-state index in [-0.39, 0.29) is 17.7 Å². The minimum atomic E-state index is -1.20. The second-order valence-corrected chi connectivity index (χ2v) is 5.97. The number of carbonyl (C=O) groups is 2. The second kappa shape index (κ2) is 4.92. The average Bonchev–Trinajstić information content (AvgIpc) is 3.12. The van der Waals surface area contributed by atoms with E-state index >= 15 is 0 Å². The summed E-state index contributed by atoms with van der Waals surface area (Å²) in [5, 5.41) is 16.3. The Labute approximate surface area is 118 Å². The highest BCUT2D eigenvalue weighted by molar-refractivity contribution is 5.96. The maximum atomic E-state index is 12.3. The molecule has 1 atom stereocenters. The van der Waals surface area contributed by atoms with Gasteiger partial charge in [0.2, 0.25) is 0 Å². The molecule has 1 amide bonds. The first-order valence-electron chi connectivity index (χ1n) is 6.85. The zero-order valence-corrected chi connectivity index (χ0v) is 12.3. The fourth-order valence-electron chi connectivity index (χ4n) is 2.27. The molecule has 0 bridgehead atoms. The highest BCUT2D eigenvalue weighted by atomic mass is 16.4.